The van der Waals surface area contributed by atoms with Crippen LogP contribution in [0.3, 0.4) is 0 Å². The van der Waals surface area contributed by atoms with E-state index in [0.717, 1.165) is 25.7 Å². The lowest BCUT2D eigenvalue weighted by molar-refractivity contribution is -0.137. The van der Waals surface area contributed by atoms with Gasteiger partial charge < -0.3 is 10.4 Å². The van der Waals surface area contributed by atoms with Crippen molar-refractivity contribution in [3.05, 3.63) is 12.2 Å². The molecule has 0 saturated carbocycles. The van der Waals surface area contributed by atoms with Crippen LogP contribution < -0.4 is 5.32 Å². The highest BCUT2D eigenvalue weighted by molar-refractivity contribution is 5.75. The summed E-state index contributed by atoms with van der Waals surface area (Å²) in [5.41, 5.74) is 0. The van der Waals surface area contributed by atoms with Crippen molar-refractivity contribution in [1.82, 2.24) is 5.32 Å². The number of carbonyl (C=O) groups is 2. The van der Waals surface area contributed by atoms with Gasteiger partial charge in [-0.05, 0) is 44.9 Å². The molecule has 4 nitrogen and oxygen atoms in total. The van der Waals surface area contributed by atoms with Gasteiger partial charge in [0.2, 0.25) is 5.91 Å². The van der Waals surface area contributed by atoms with Gasteiger partial charge in [-0.1, -0.05) is 64.0 Å². The van der Waals surface area contributed by atoms with Gasteiger partial charge in [0.25, 0.3) is 0 Å². The summed E-state index contributed by atoms with van der Waals surface area (Å²) in [5, 5.41) is 11.5. The van der Waals surface area contributed by atoms with Gasteiger partial charge in [0.05, 0.1) is 0 Å². The molecule has 0 heterocycles. The van der Waals surface area contributed by atoms with E-state index in [9.17, 15) is 9.59 Å². The first-order valence-electron chi connectivity index (χ1n) is 10.8. The van der Waals surface area contributed by atoms with Crippen LogP contribution in [0.1, 0.15) is 110 Å². The molecular formula is C22H41NO3. The number of carboxylic acid groups (broad SMARTS) is 1. The fourth-order valence-corrected chi connectivity index (χ4v) is 2.90. The van der Waals surface area contributed by atoms with Crippen molar-refractivity contribution in [2.45, 2.75) is 110 Å². The summed E-state index contributed by atoms with van der Waals surface area (Å²) in [6.07, 6.45) is 21.5. The predicted octanol–water partition coefficient (Wildman–Crippen LogP) is 6.00. The number of nitrogens with one attached hydrogen (secondary N) is 1. The molecule has 0 unspecified atom stereocenters. The number of unbranched alkanes of at least 4 members (excludes halogenated alkanes) is 11. The summed E-state index contributed by atoms with van der Waals surface area (Å²) < 4.78 is 0. The first kappa shape index (κ1) is 24.7. The van der Waals surface area contributed by atoms with Gasteiger partial charge in [0.1, 0.15) is 0 Å². The number of hydrogen-bond donors (Lipinski definition) is 2. The van der Waals surface area contributed by atoms with Gasteiger partial charge in [-0.15, -0.1) is 0 Å². The molecule has 4 heteroatoms. The Morgan fingerprint density at radius 2 is 1.27 bits per heavy atom. The third-order valence-corrected chi connectivity index (χ3v) is 4.56. The highest BCUT2D eigenvalue weighted by Gasteiger charge is 2.01. The van der Waals surface area contributed by atoms with E-state index in [4.69, 9.17) is 5.11 Å². The molecule has 0 aromatic rings. The second kappa shape index (κ2) is 20.0. The summed E-state index contributed by atoms with van der Waals surface area (Å²) in [6.45, 7) is 2.92. The summed E-state index contributed by atoms with van der Waals surface area (Å²) in [4.78, 5) is 22.0. The average Bonchev–Trinajstić information content (AvgIpc) is 2.61. The Kier molecular flexibility index (Phi) is 19.0. The molecular weight excluding hydrogens is 326 g/mol. The maximum Gasteiger partial charge on any atom is 0.303 e. The van der Waals surface area contributed by atoms with Crippen LogP contribution >= 0.6 is 0 Å². The summed E-state index contributed by atoms with van der Waals surface area (Å²) in [6, 6.07) is 0. The van der Waals surface area contributed by atoms with Crippen molar-refractivity contribution in [2.24, 2.45) is 0 Å². The van der Waals surface area contributed by atoms with Crippen LogP contribution in [0.15, 0.2) is 12.2 Å². The lowest BCUT2D eigenvalue weighted by Crippen LogP contribution is -2.23. The van der Waals surface area contributed by atoms with Crippen LogP contribution in [0.5, 0.6) is 0 Å². The number of amides is 1. The van der Waals surface area contributed by atoms with E-state index >= 15 is 0 Å². The third-order valence-electron chi connectivity index (χ3n) is 4.56. The molecule has 0 aliphatic rings. The number of rotatable bonds is 19. The summed E-state index contributed by atoms with van der Waals surface area (Å²) in [7, 11) is 0. The van der Waals surface area contributed by atoms with E-state index in [1.54, 1.807) is 0 Å². The second-order valence-corrected chi connectivity index (χ2v) is 7.18. The molecule has 0 fully saturated rings. The first-order valence-corrected chi connectivity index (χ1v) is 10.8. The lowest BCUT2D eigenvalue weighted by atomic mass is 10.1. The number of hydrogen-bond acceptors (Lipinski definition) is 2. The van der Waals surface area contributed by atoms with Crippen molar-refractivity contribution in [3.8, 4) is 0 Å². The Bertz CT molecular complexity index is 366. The van der Waals surface area contributed by atoms with Gasteiger partial charge in [-0.25, -0.2) is 0 Å². The largest absolute Gasteiger partial charge is 0.481 e. The zero-order valence-electron chi connectivity index (χ0n) is 16.9. The molecule has 0 aliphatic heterocycles. The molecule has 0 aliphatic carbocycles. The van der Waals surface area contributed by atoms with Gasteiger partial charge in [0.15, 0.2) is 0 Å². The Hall–Kier alpha value is -1.32. The van der Waals surface area contributed by atoms with Crippen LogP contribution in [0.2, 0.25) is 0 Å². The number of aliphatic carboxylic acids is 1. The zero-order chi connectivity index (χ0) is 19.3. The van der Waals surface area contributed by atoms with E-state index in [2.05, 4.69) is 24.4 Å². The van der Waals surface area contributed by atoms with Crippen molar-refractivity contribution in [2.75, 3.05) is 6.54 Å². The second-order valence-electron chi connectivity index (χ2n) is 7.18. The molecule has 0 aromatic carbocycles. The van der Waals surface area contributed by atoms with Crippen molar-refractivity contribution in [1.29, 1.82) is 0 Å². The Morgan fingerprint density at radius 3 is 1.92 bits per heavy atom. The Labute approximate surface area is 160 Å². The molecule has 0 atom stereocenters. The van der Waals surface area contributed by atoms with Crippen molar-refractivity contribution in [3.63, 3.8) is 0 Å². The van der Waals surface area contributed by atoms with Crippen LogP contribution in [0, 0.1) is 0 Å². The molecule has 0 bridgehead atoms. The Balaban J connectivity index is 3.23. The molecule has 0 aromatic heterocycles. The number of carbonyl (C=O) groups excluding carboxylic acids is 1. The SMILES string of the molecule is CCCCCC/C=C\CCCCCCCC(=O)NCCCCCC(=O)O. The van der Waals surface area contributed by atoms with Gasteiger partial charge in [-0.3, -0.25) is 9.59 Å². The summed E-state index contributed by atoms with van der Waals surface area (Å²) >= 11 is 0. The minimum absolute atomic E-state index is 0.134. The molecule has 0 rings (SSSR count). The van der Waals surface area contributed by atoms with Crippen molar-refractivity contribution < 1.29 is 14.7 Å². The zero-order valence-corrected chi connectivity index (χ0v) is 16.9. The smallest absolute Gasteiger partial charge is 0.303 e. The molecule has 0 spiro atoms. The third kappa shape index (κ3) is 20.7. The van der Waals surface area contributed by atoms with Crippen LogP contribution in [-0.2, 0) is 9.59 Å². The highest BCUT2D eigenvalue weighted by Crippen LogP contribution is 2.09. The van der Waals surface area contributed by atoms with E-state index < -0.39 is 5.97 Å². The monoisotopic (exact) mass is 367 g/mol. The summed E-state index contributed by atoms with van der Waals surface area (Å²) in [5.74, 6) is -0.610. The molecule has 2 N–H and O–H groups in total. The maximum absolute atomic E-state index is 11.7. The molecule has 26 heavy (non-hydrogen) atoms. The topological polar surface area (TPSA) is 66.4 Å². The van der Waals surface area contributed by atoms with Gasteiger partial charge in [-0.2, -0.15) is 0 Å². The predicted molar refractivity (Wildman–Crippen MR) is 109 cm³/mol. The quantitative estimate of drug-likeness (QED) is 0.217. The Morgan fingerprint density at radius 1 is 0.731 bits per heavy atom. The number of allylic oxidation sites excluding steroid dienone is 2. The normalized spacial score (nSPS) is 11.1. The standard InChI is InChI=1S/C22H41NO3/c1-2-3-4-5-6-7-8-9-10-11-12-13-15-18-21(24)23-20-17-14-16-19-22(25)26/h7-8H,2-6,9-20H2,1H3,(H,23,24)(H,25,26)/b8-7-. The average molecular weight is 368 g/mol. The van der Waals surface area contributed by atoms with E-state index in [1.807, 2.05) is 0 Å². The molecule has 152 valence electrons. The van der Waals surface area contributed by atoms with Crippen LogP contribution in [-0.4, -0.2) is 23.5 Å². The van der Waals surface area contributed by atoms with Crippen LogP contribution in [0.4, 0.5) is 0 Å². The maximum atomic E-state index is 11.7. The van der Waals surface area contributed by atoms with E-state index in [0.29, 0.717) is 19.4 Å². The van der Waals surface area contributed by atoms with E-state index in [1.165, 1.54) is 57.8 Å². The first-order chi connectivity index (χ1) is 12.7. The number of carboxylic acids is 1. The minimum Gasteiger partial charge on any atom is -0.481 e. The lowest BCUT2D eigenvalue weighted by Gasteiger charge is -2.05. The minimum atomic E-state index is -0.743. The van der Waals surface area contributed by atoms with Gasteiger partial charge >= 0.3 is 5.97 Å². The van der Waals surface area contributed by atoms with E-state index in [-0.39, 0.29) is 12.3 Å². The molecule has 1 amide bonds. The molecule has 0 radical (unpaired) electrons. The fourth-order valence-electron chi connectivity index (χ4n) is 2.90. The fraction of sp³-hybridized carbons (Fsp3) is 0.818. The van der Waals surface area contributed by atoms with Crippen molar-refractivity contribution >= 4 is 11.9 Å². The van der Waals surface area contributed by atoms with Crippen LogP contribution in [0.25, 0.3) is 0 Å². The highest BCUT2D eigenvalue weighted by atomic mass is 16.4. The molecule has 0 saturated heterocycles. The van der Waals surface area contributed by atoms with Gasteiger partial charge in [0, 0.05) is 19.4 Å².